The van der Waals surface area contributed by atoms with Gasteiger partial charge in [-0.2, -0.15) is 0 Å². The minimum absolute atomic E-state index is 0.0125. The number of piperazine rings is 1. The molecule has 2 fully saturated rings. The van der Waals surface area contributed by atoms with E-state index < -0.39 is 0 Å². The number of carbonyl (C=O) groups excluding carboxylic acids is 2. The van der Waals surface area contributed by atoms with Gasteiger partial charge in [0.1, 0.15) is 4.32 Å². The van der Waals surface area contributed by atoms with Crippen molar-refractivity contribution in [3.63, 3.8) is 0 Å². The average Bonchev–Trinajstić information content (AvgIpc) is 2.75. The molecule has 0 aromatic heterocycles. The first-order valence-electron chi connectivity index (χ1n) is 7.83. The van der Waals surface area contributed by atoms with Gasteiger partial charge in [0, 0.05) is 38.9 Å². The number of thioether (sulfide) groups is 1. The fourth-order valence-corrected chi connectivity index (χ4v) is 3.71. The largest absolute Gasteiger partial charge is 0.450 e. The number of nitrogens with zero attached hydrogens (tertiary/aromatic N) is 3. The molecular formula is C15H23N3O3S2. The van der Waals surface area contributed by atoms with Gasteiger partial charge >= 0.3 is 6.09 Å². The van der Waals surface area contributed by atoms with Crippen molar-refractivity contribution in [3.8, 4) is 0 Å². The van der Waals surface area contributed by atoms with Crippen molar-refractivity contribution in [2.75, 3.05) is 39.3 Å². The summed E-state index contributed by atoms with van der Waals surface area (Å²) >= 11 is 6.66. The number of hydrogen-bond donors (Lipinski definition) is 0. The fraction of sp³-hybridized carbons (Fsp3) is 0.667. The Kier molecular flexibility index (Phi) is 6.29. The lowest BCUT2D eigenvalue weighted by atomic mass is 10.2. The van der Waals surface area contributed by atoms with Gasteiger partial charge in [0.05, 0.1) is 11.5 Å². The monoisotopic (exact) mass is 357 g/mol. The van der Waals surface area contributed by atoms with Crippen molar-refractivity contribution >= 4 is 40.3 Å². The number of ether oxygens (including phenoxy) is 1. The third-order valence-corrected chi connectivity index (χ3v) is 4.93. The highest BCUT2D eigenvalue weighted by Crippen LogP contribution is 2.31. The molecule has 23 heavy (non-hydrogen) atoms. The van der Waals surface area contributed by atoms with E-state index in [0.717, 1.165) is 0 Å². The summed E-state index contributed by atoms with van der Waals surface area (Å²) in [5.74, 6) is 0.367. The molecule has 2 amide bonds. The zero-order valence-electron chi connectivity index (χ0n) is 13.8. The smallest absolute Gasteiger partial charge is 0.409 e. The molecule has 0 bridgehead atoms. The van der Waals surface area contributed by atoms with Crippen molar-refractivity contribution < 1.29 is 14.3 Å². The van der Waals surface area contributed by atoms with Crippen LogP contribution in [0.5, 0.6) is 0 Å². The van der Waals surface area contributed by atoms with Gasteiger partial charge in [-0.25, -0.2) is 4.79 Å². The summed E-state index contributed by atoms with van der Waals surface area (Å²) in [5, 5.41) is 0. The minimum atomic E-state index is -0.268. The first-order chi connectivity index (χ1) is 10.9. The Morgan fingerprint density at radius 2 is 2.00 bits per heavy atom. The van der Waals surface area contributed by atoms with Crippen molar-refractivity contribution in [2.24, 2.45) is 5.92 Å². The average molecular weight is 358 g/mol. The molecule has 0 unspecified atom stereocenters. The summed E-state index contributed by atoms with van der Waals surface area (Å²) in [4.78, 5) is 30.2. The van der Waals surface area contributed by atoms with Crippen molar-refractivity contribution in [2.45, 2.75) is 20.8 Å². The van der Waals surface area contributed by atoms with E-state index in [9.17, 15) is 9.59 Å². The normalized spacial score (nSPS) is 20.9. The summed E-state index contributed by atoms with van der Waals surface area (Å²) in [6, 6.07) is 0. The van der Waals surface area contributed by atoms with Gasteiger partial charge in [0.2, 0.25) is 0 Å². The second-order valence-electron chi connectivity index (χ2n) is 5.89. The molecule has 2 saturated heterocycles. The maximum absolute atomic E-state index is 12.4. The van der Waals surface area contributed by atoms with Crippen LogP contribution in [0.4, 0.5) is 4.79 Å². The minimum Gasteiger partial charge on any atom is -0.450 e. The van der Waals surface area contributed by atoms with E-state index in [-0.39, 0.29) is 12.0 Å². The molecule has 128 valence electrons. The van der Waals surface area contributed by atoms with Gasteiger partial charge in [-0.3, -0.25) is 9.69 Å². The molecule has 0 radical (unpaired) electrons. The van der Waals surface area contributed by atoms with Crippen LogP contribution in [0.2, 0.25) is 0 Å². The van der Waals surface area contributed by atoms with E-state index >= 15 is 0 Å². The van der Waals surface area contributed by atoms with Gasteiger partial charge in [0.25, 0.3) is 5.91 Å². The molecule has 0 aromatic carbocycles. The van der Waals surface area contributed by atoms with Crippen LogP contribution >= 0.6 is 24.0 Å². The first-order valence-corrected chi connectivity index (χ1v) is 9.06. The predicted octanol–water partition coefficient (Wildman–Crippen LogP) is 2.12. The van der Waals surface area contributed by atoms with Gasteiger partial charge < -0.3 is 14.5 Å². The van der Waals surface area contributed by atoms with Crippen molar-refractivity contribution in [1.82, 2.24) is 14.7 Å². The first kappa shape index (κ1) is 18.1. The highest BCUT2D eigenvalue weighted by molar-refractivity contribution is 8.26. The molecule has 2 aliphatic heterocycles. The van der Waals surface area contributed by atoms with Gasteiger partial charge in [-0.05, 0) is 12.8 Å². The van der Waals surface area contributed by atoms with E-state index in [4.69, 9.17) is 17.0 Å². The van der Waals surface area contributed by atoms with E-state index in [2.05, 4.69) is 18.7 Å². The molecule has 8 heteroatoms. The molecule has 0 spiro atoms. The van der Waals surface area contributed by atoms with Gasteiger partial charge in [0.15, 0.2) is 0 Å². The highest BCUT2D eigenvalue weighted by Gasteiger charge is 2.33. The molecule has 0 atom stereocenters. The third kappa shape index (κ3) is 4.60. The summed E-state index contributed by atoms with van der Waals surface area (Å²) < 4.78 is 5.63. The standard InChI is InChI=1S/C15H23N3O3S2/c1-4-21-14(20)17-7-5-16(6-8-17)10-12-13(19)18(9-11(2)3)15(22)23-12/h10-11H,4-9H2,1-3H3/b12-10-. The lowest BCUT2D eigenvalue weighted by Crippen LogP contribution is -2.47. The topological polar surface area (TPSA) is 53.1 Å². The number of amides is 2. The van der Waals surface area contributed by atoms with Crippen LogP contribution < -0.4 is 0 Å². The fourth-order valence-electron chi connectivity index (χ4n) is 2.43. The van der Waals surface area contributed by atoms with Crippen molar-refractivity contribution in [1.29, 1.82) is 0 Å². The summed E-state index contributed by atoms with van der Waals surface area (Å²) in [6.07, 6.45) is 1.61. The van der Waals surface area contributed by atoms with Crippen LogP contribution in [0.3, 0.4) is 0 Å². The molecule has 0 aliphatic carbocycles. The zero-order valence-corrected chi connectivity index (χ0v) is 15.4. The summed E-state index contributed by atoms with van der Waals surface area (Å²) in [5.41, 5.74) is 0. The number of hydrogen-bond acceptors (Lipinski definition) is 6. The molecule has 0 N–H and O–H groups in total. The second kappa shape index (κ2) is 8.01. The summed E-state index contributed by atoms with van der Waals surface area (Å²) in [6.45, 7) is 9.54. The molecule has 2 aliphatic rings. The number of rotatable bonds is 4. The Morgan fingerprint density at radius 3 is 2.57 bits per heavy atom. The molecule has 6 nitrogen and oxygen atoms in total. The molecule has 0 saturated carbocycles. The van der Waals surface area contributed by atoms with Crippen LogP contribution in [0.15, 0.2) is 11.1 Å². The molecule has 2 heterocycles. The lowest BCUT2D eigenvalue weighted by Gasteiger charge is -2.33. The van der Waals surface area contributed by atoms with E-state index in [1.807, 2.05) is 6.20 Å². The number of carbonyl (C=O) groups is 2. The Balaban J connectivity index is 1.92. The van der Waals surface area contributed by atoms with E-state index in [1.54, 1.807) is 16.7 Å². The van der Waals surface area contributed by atoms with E-state index in [1.165, 1.54) is 11.8 Å². The lowest BCUT2D eigenvalue weighted by molar-refractivity contribution is -0.122. The Morgan fingerprint density at radius 1 is 1.35 bits per heavy atom. The van der Waals surface area contributed by atoms with Crippen LogP contribution in [-0.2, 0) is 9.53 Å². The van der Waals surface area contributed by atoms with Crippen LogP contribution in [0, 0.1) is 5.92 Å². The SMILES string of the molecule is CCOC(=O)N1CCN(/C=C2\SC(=S)N(CC(C)C)C2=O)CC1. The Hall–Kier alpha value is -1.28. The maximum atomic E-state index is 12.4. The maximum Gasteiger partial charge on any atom is 0.409 e. The van der Waals surface area contributed by atoms with E-state index in [0.29, 0.717) is 54.5 Å². The van der Waals surface area contributed by atoms with Crippen molar-refractivity contribution in [3.05, 3.63) is 11.1 Å². The third-order valence-electron chi connectivity index (χ3n) is 3.56. The molecular weight excluding hydrogens is 334 g/mol. The molecule has 0 aromatic rings. The summed E-state index contributed by atoms with van der Waals surface area (Å²) in [7, 11) is 0. The predicted molar refractivity (Wildman–Crippen MR) is 95.0 cm³/mol. The van der Waals surface area contributed by atoms with Gasteiger partial charge in [-0.1, -0.05) is 37.8 Å². The van der Waals surface area contributed by atoms with Crippen LogP contribution in [0.1, 0.15) is 20.8 Å². The quantitative estimate of drug-likeness (QED) is 0.567. The molecule has 2 rings (SSSR count). The van der Waals surface area contributed by atoms with Crippen LogP contribution in [0.25, 0.3) is 0 Å². The zero-order chi connectivity index (χ0) is 17.0. The second-order valence-corrected chi connectivity index (χ2v) is 7.57. The Bertz CT molecular complexity index is 514. The van der Waals surface area contributed by atoms with Gasteiger partial charge in [-0.15, -0.1) is 0 Å². The number of thiocarbonyl (C=S) groups is 1. The Labute approximate surface area is 146 Å². The van der Waals surface area contributed by atoms with Crippen LogP contribution in [-0.4, -0.2) is 70.4 Å². The highest BCUT2D eigenvalue weighted by atomic mass is 32.2.